The molecule has 0 aromatic rings. The molecule has 0 aromatic carbocycles. The van der Waals surface area contributed by atoms with Crippen LogP contribution in [-0.2, 0) is 9.53 Å². The summed E-state index contributed by atoms with van der Waals surface area (Å²) in [6.07, 6.45) is -2.07. The Labute approximate surface area is 79.9 Å². The molecule has 0 saturated carbocycles. The second-order valence-electron chi connectivity index (χ2n) is 2.42. The highest BCUT2D eigenvalue weighted by Crippen LogP contribution is 2.43. The van der Waals surface area contributed by atoms with E-state index in [4.69, 9.17) is 19.9 Å². The molecule has 0 heterocycles. The van der Waals surface area contributed by atoms with Gasteiger partial charge in [-0.05, 0) is 0 Å². The molecule has 0 aliphatic rings. The Hall–Kier alpha value is -0.790. The molecule has 0 saturated heterocycles. The van der Waals surface area contributed by atoms with Gasteiger partial charge in [-0.2, -0.15) is 19.7 Å². The van der Waals surface area contributed by atoms with E-state index < -0.39 is 32.5 Å². The fourth-order valence-corrected chi connectivity index (χ4v) is 1.20. The standard InChI is InChI=1S/C5H11NO7P/c1-13-5(8)6(9)2-4(7)3-14(10,11)12/h9-12H,2-3H2,1H3/q+1. The molecule has 1 amide bonds. The van der Waals surface area contributed by atoms with Crippen LogP contribution in [0.25, 0.3) is 0 Å². The lowest BCUT2D eigenvalue weighted by Crippen LogP contribution is -2.34. The summed E-state index contributed by atoms with van der Waals surface area (Å²) in [5, 5.41) is 8.75. The number of carbonyl (C=O) groups excluding carboxylic acids is 2. The van der Waals surface area contributed by atoms with Crippen LogP contribution >= 0.6 is 7.94 Å². The molecule has 0 unspecified atom stereocenters. The third-order valence-corrected chi connectivity index (χ3v) is 1.88. The van der Waals surface area contributed by atoms with Crippen molar-refractivity contribution in [3.8, 4) is 0 Å². The largest absolute Gasteiger partial charge is 0.451 e. The highest BCUT2D eigenvalue weighted by atomic mass is 31.2. The van der Waals surface area contributed by atoms with E-state index >= 15 is 0 Å². The van der Waals surface area contributed by atoms with Crippen LogP contribution in [0.4, 0.5) is 4.79 Å². The Bertz CT molecular complexity index is 225. The van der Waals surface area contributed by atoms with E-state index in [2.05, 4.69) is 4.74 Å². The number of hydrogen-bond donors (Lipinski definition) is 4. The van der Waals surface area contributed by atoms with Gasteiger partial charge >= 0.3 is 14.0 Å². The number of ketones is 1. The summed E-state index contributed by atoms with van der Waals surface area (Å²) in [4.78, 5) is 46.8. The zero-order valence-corrected chi connectivity index (χ0v) is 8.22. The summed E-state index contributed by atoms with van der Waals surface area (Å²) < 4.78 is 4.05. The lowest BCUT2D eigenvalue weighted by molar-refractivity contribution is -0.128. The molecule has 14 heavy (non-hydrogen) atoms. The molecular formula is C5H11NO7P+. The Balaban J connectivity index is 4.01. The van der Waals surface area contributed by atoms with Crippen LogP contribution in [-0.4, -0.2) is 56.6 Å². The highest BCUT2D eigenvalue weighted by molar-refractivity contribution is 7.59. The van der Waals surface area contributed by atoms with Crippen molar-refractivity contribution in [2.24, 2.45) is 0 Å². The van der Waals surface area contributed by atoms with Gasteiger partial charge in [-0.25, -0.2) is 4.79 Å². The third kappa shape index (κ3) is 5.79. The van der Waals surface area contributed by atoms with Crippen LogP contribution in [0.2, 0.25) is 0 Å². The van der Waals surface area contributed by atoms with Gasteiger partial charge < -0.3 is 4.74 Å². The quantitative estimate of drug-likeness (QED) is 0.269. The fraction of sp³-hybridized carbons (Fsp3) is 0.600. The van der Waals surface area contributed by atoms with Crippen molar-refractivity contribution in [2.75, 3.05) is 19.8 Å². The Morgan fingerprint density at radius 3 is 2.21 bits per heavy atom. The van der Waals surface area contributed by atoms with Crippen LogP contribution in [0.3, 0.4) is 0 Å². The minimum atomic E-state index is -4.21. The molecule has 0 aromatic heterocycles. The number of carbonyl (C=O) groups is 2. The van der Waals surface area contributed by atoms with Crippen molar-refractivity contribution < 1.29 is 34.2 Å². The molecule has 0 fully saturated rings. The first kappa shape index (κ1) is 13.2. The molecule has 8 nitrogen and oxygen atoms in total. The lowest BCUT2D eigenvalue weighted by atomic mass is 10.4. The smallest absolute Gasteiger partial charge is 0.433 e. The van der Waals surface area contributed by atoms with Crippen molar-refractivity contribution in [1.29, 1.82) is 0 Å². The van der Waals surface area contributed by atoms with Crippen LogP contribution in [0, 0.1) is 0 Å². The summed E-state index contributed by atoms with van der Waals surface area (Å²) in [7, 11) is -3.21. The van der Waals surface area contributed by atoms with Crippen molar-refractivity contribution in [3.63, 3.8) is 0 Å². The number of Topliss-reactive ketones (excluding diaryl/α,β-unsaturated/α-hetero) is 1. The Morgan fingerprint density at radius 1 is 1.36 bits per heavy atom. The van der Waals surface area contributed by atoms with E-state index in [1.807, 2.05) is 0 Å². The van der Waals surface area contributed by atoms with E-state index in [1.54, 1.807) is 0 Å². The van der Waals surface area contributed by atoms with Gasteiger partial charge in [-0.15, -0.1) is 0 Å². The fourth-order valence-electron chi connectivity index (χ4n) is 0.624. The number of hydroxylamine groups is 2. The second-order valence-corrected chi connectivity index (χ2v) is 4.12. The maximum atomic E-state index is 10.8. The SMILES string of the molecule is COC(=O)N(O)CC(=O)C[P+](O)(O)O. The maximum Gasteiger partial charge on any atom is 0.433 e. The molecule has 82 valence electrons. The number of methoxy groups -OCH3 is 1. The summed E-state index contributed by atoms with van der Waals surface area (Å²) in [5.41, 5.74) is 0. The molecular weight excluding hydrogens is 217 g/mol. The first-order valence-electron chi connectivity index (χ1n) is 3.38. The summed E-state index contributed by atoms with van der Waals surface area (Å²) in [6.45, 7) is -0.782. The van der Waals surface area contributed by atoms with Crippen molar-refractivity contribution >= 4 is 19.8 Å². The van der Waals surface area contributed by atoms with E-state index in [1.165, 1.54) is 0 Å². The molecule has 0 radical (unpaired) electrons. The van der Waals surface area contributed by atoms with Gasteiger partial charge in [0.05, 0.1) is 7.11 Å². The Morgan fingerprint density at radius 2 is 1.86 bits per heavy atom. The monoisotopic (exact) mass is 228 g/mol. The van der Waals surface area contributed by atoms with Crippen molar-refractivity contribution in [2.45, 2.75) is 0 Å². The second kappa shape index (κ2) is 5.18. The van der Waals surface area contributed by atoms with Crippen molar-refractivity contribution in [3.05, 3.63) is 0 Å². The van der Waals surface area contributed by atoms with Crippen LogP contribution in [0.5, 0.6) is 0 Å². The van der Waals surface area contributed by atoms with Crippen LogP contribution in [0.1, 0.15) is 0 Å². The van der Waals surface area contributed by atoms with E-state index in [0.29, 0.717) is 0 Å². The van der Waals surface area contributed by atoms with Gasteiger partial charge in [0.15, 0.2) is 11.9 Å². The summed E-state index contributed by atoms with van der Waals surface area (Å²) in [6, 6.07) is 0. The first-order valence-corrected chi connectivity index (χ1v) is 5.22. The normalized spacial score (nSPS) is 10.9. The van der Waals surface area contributed by atoms with Gasteiger partial charge in [0.25, 0.3) is 0 Å². The van der Waals surface area contributed by atoms with Crippen LogP contribution in [0.15, 0.2) is 0 Å². The van der Waals surface area contributed by atoms with Crippen molar-refractivity contribution in [1.82, 2.24) is 5.06 Å². The molecule has 0 aliphatic carbocycles. The number of hydrogen-bond acceptors (Lipinski definition) is 7. The number of rotatable bonds is 4. The van der Waals surface area contributed by atoms with Gasteiger partial charge in [0, 0.05) is 0 Å². The molecule has 4 N–H and O–H groups in total. The highest BCUT2D eigenvalue weighted by Gasteiger charge is 2.34. The minimum Gasteiger partial charge on any atom is -0.451 e. The average Bonchev–Trinajstić information content (AvgIpc) is 1.99. The maximum absolute atomic E-state index is 10.8. The predicted molar refractivity (Wildman–Crippen MR) is 44.3 cm³/mol. The van der Waals surface area contributed by atoms with Gasteiger partial charge in [0.2, 0.25) is 0 Å². The Kier molecular flexibility index (Phi) is 4.89. The number of amides is 1. The molecule has 9 heteroatoms. The topological polar surface area (TPSA) is 128 Å². The third-order valence-electron chi connectivity index (χ3n) is 1.10. The molecule has 0 spiro atoms. The molecule has 0 aliphatic heterocycles. The average molecular weight is 228 g/mol. The predicted octanol–water partition coefficient (Wildman–Crippen LogP) is -1.25. The van der Waals surface area contributed by atoms with E-state index in [-0.39, 0.29) is 5.06 Å². The molecule has 0 rings (SSSR count). The molecule has 0 bridgehead atoms. The van der Waals surface area contributed by atoms with E-state index in [9.17, 15) is 9.59 Å². The lowest BCUT2D eigenvalue weighted by Gasteiger charge is -2.11. The first-order chi connectivity index (χ1) is 6.26. The minimum absolute atomic E-state index is 0.0437. The number of nitrogens with zero attached hydrogens (tertiary/aromatic N) is 1. The molecule has 0 atom stereocenters. The summed E-state index contributed by atoms with van der Waals surface area (Å²) in [5.74, 6) is -0.904. The van der Waals surface area contributed by atoms with Crippen LogP contribution < -0.4 is 0 Å². The van der Waals surface area contributed by atoms with E-state index in [0.717, 1.165) is 7.11 Å². The summed E-state index contributed by atoms with van der Waals surface area (Å²) >= 11 is 0. The van der Waals surface area contributed by atoms with Gasteiger partial charge in [-0.3, -0.25) is 10.0 Å². The van der Waals surface area contributed by atoms with Gasteiger partial charge in [-0.1, -0.05) is 0 Å². The van der Waals surface area contributed by atoms with Gasteiger partial charge in [0.1, 0.15) is 6.54 Å². The zero-order valence-electron chi connectivity index (χ0n) is 7.32. The number of ether oxygens (including phenoxy) is 1. The zero-order chi connectivity index (χ0) is 11.4.